The molecule has 0 bridgehead atoms. The molecule has 0 spiro atoms. The van der Waals surface area contributed by atoms with Crippen molar-refractivity contribution in [3.8, 4) is 0 Å². The van der Waals surface area contributed by atoms with Crippen LogP contribution in [0.4, 0.5) is 0 Å². The molecule has 0 aliphatic heterocycles. The molecule has 1 rings (SSSR count). The summed E-state index contributed by atoms with van der Waals surface area (Å²) in [5.41, 5.74) is 0.784. The van der Waals surface area contributed by atoms with Crippen molar-refractivity contribution in [2.75, 3.05) is 19.6 Å². The smallest absolute Gasteiger partial charge is 0.325 e. The highest BCUT2D eigenvalue weighted by Gasteiger charge is 2.17. The first-order chi connectivity index (χ1) is 7.75. The number of rotatable bonds is 7. The van der Waals surface area contributed by atoms with Crippen molar-refractivity contribution in [1.82, 2.24) is 10.6 Å². The fourth-order valence-electron chi connectivity index (χ4n) is 1.47. The molecule has 0 saturated heterocycles. The van der Waals surface area contributed by atoms with E-state index in [-0.39, 0.29) is 0 Å². The second-order valence-corrected chi connectivity index (χ2v) is 3.49. The highest BCUT2D eigenvalue weighted by Crippen LogP contribution is 2.11. The molecule has 0 heterocycles. The summed E-state index contributed by atoms with van der Waals surface area (Å²) in [7, 11) is 0. The standard InChI is InChI=1S/C12H18N2O2/c1-2-13-8-9-14-11(12(15)16)10-6-4-3-5-7-10/h3-7,11,13-14H,2,8-9H2,1H3,(H,15,16). The molecule has 1 atom stereocenters. The van der Waals surface area contributed by atoms with Crippen molar-refractivity contribution in [2.24, 2.45) is 0 Å². The number of nitrogens with one attached hydrogen (secondary N) is 2. The third-order valence-electron chi connectivity index (χ3n) is 2.28. The molecule has 0 radical (unpaired) electrons. The minimum atomic E-state index is -0.845. The molecule has 1 aromatic carbocycles. The van der Waals surface area contributed by atoms with Crippen LogP contribution in [0.5, 0.6) is 0 Å². The van der Waals surface area contributed by atoms with Crippen LogP contribution >= 0.6 is 0 Å². The Hall–Kier alpha value is -1.39. The van der Waals surface area contributed by atoms with Gasteiger partial charge in [-0.25, -0.2) is 0 Å². The lowest BCUT2D eigenvalue weighted by Crippen LogP contribution is -2.34. The highest BCUT2D eigenvalue weighted by atomic mass is 16.4. The first-order valence-electron chi connectivity index (χ1n) is 5.47. The number of likely N-dealkylation sites (N-methyl/N-ethyl adjacent to an activating group) is 1. The van der Waals surface area contributed by atoms with E-state index in [1.54, 1.807) is 0 Å². The van der Waals surface area contributed by atoms with Crippen molar-refractivity contribution >= 4 is 5.97 Å². The van der Waals surface area contributed by atoms with Crippen LogP contribution in [0.25, 0.3) is 0 Å². The average Bonchev–Trinajstić information content (AvgIpc) is 2.30. The molecular formula is C12H18N2O2. The van der Waals surface area contributed by atoms with Gasteiger partial charge < -0.3 is 10.4 Å². The van der Waals surface area contributed by atoms with Gasteiger partial charge in [0.1, 0.15) is 6.04 Å². The Morgan fingerprint density at radius 1 is 1.31 bits per heavy atom. The lowest BCUT2D eigenvalue weighted by Gasteiger charge is -2.14. The predicted octanol–water partition coefficient (Wildman–Crippen LogP) is 1.01. The molecule has 3 N–H and O–H groups in total. The molecule has 0 aliphatic rings. The number of carbonyl (C=O) groups is 1. The fraction of sp³-hybridized carbons (Fsp3) is 0.417. The van der Waals surface area contributed by atoms with E-state index in [0.29, 0.717) is 6.54 Å². The number of benzene rings is 1. The molecule has 16 heavy (non-hydrogen) atoms. The fourth-order valence-corrected chi connectivity index (χ4v) is 1.47. The van der Waals surface area contributed by atoms with Crippen molar-refractivity contribution in [3.63, 3.8) is 0 Å². The summed E-state index contributed by atoms with van der Waals surface area (Å²) in [5.74, 6) is -0.845. The Morgan fingerprint density at radius 3 is 2.56 bits per heavy atom. The molecule has 88 valence electrons. The zero-order valence-corrected chi connectivity index (χ0v) is 9.44. The molecule has 1 aromatic rings. The van der Waals surface area contributed by atoms with Gasteiger partial charge in [-0.2, -0.15) is 0 Å². The molecule has 4 nitrogen and oxygen atoms in total. The van der Waals surface area contributed by atoms with Gasteiger partial charge in [0.05, 0.1) is 0 Å². The minimum Gasteiger partial charge on any atom is -0.480 e. The van der Waals surface area contributed by atoms with Gasteiger partial charge in [0, 0.05) is 13.1 Å². The number of hydrogen-bond donors (Lipinski definition) is 3. The largest absolute Gasteiger partial charge is 0.480 e. The highest BCUT2D eigenvalue weighted by molar-refractivity contribution is 5.75. The third-order valence-corrected chi connectivity index (χ3v) is 2.28. The van der Waals surface area contributed by atoms with Crippen molar-refractivity contribution in [2.45, 2.75) is 13.0 Å². The Balaban J connectivity index is 2.52. The molecule has 0 aliphatic carbocycles. The van der Waals surface area contributed by atoms with Gasteiger partial charge in [0.2, 0.25) is 0 Å². The van der Waals surface area contributed by atoms with Gasteiger partial charge in [0.25, 0.3) is 0 Å². The van der Waals surface area contributed by atoms with E-state index in [2.05, 4.69) is 10.6 Å². The summed E-state index contributed by atoms with van der Waals surface area (Å²) >= 11 is 0. The molecule has 0 saturated carbocycles. The second kappa shape index (κ2) is 6.98. The van der Waals surface area contributed by atoms with E-state index in [1.165, 1.54) is 0 Å². The zero-order valence-electron chi connectivity index (χ0n) is 9.44. The Labute approximate surface area is 95.7 Å². The minimum absolute atomic E-state index is 0.625. The van der Waals surface area contributed by atoms with Crippen molar-refractivity contribution < 1.29 is 9.90 Å². The molecule has 0 amide bonds. The molecule has 1 unspecified atom stereocenters. The maximum atomic E-state index is 11.1. The lowest BCUT2D eigenvalue weighted by molar-refractivity contribution is -0.139. The zero-order chi connectivity index (χ0) is 11.8. The number of carboxylic acids is 1. The summed E-state index contributed by atoms with van der Waals surface area (Å²) in [6.07, 6.45) is 0. The van der Waals surface area contributed by atoms with E-state index in [1.807, 2.05) is 37.3 Å². The van der Waals surface area contributed by atoms with Gasteiger partial charge in [-0.05, 0) is 12.1 Å². The van der Waals surface area contributed by atoms with E-state index in [9.17, 15) is 4.79 Å². The normalized spacial score (nSPS) is 12.3. The van der Waals surface area contributed by atoms with Crippen LogP contribution in [0.3, 0.4) is 0 Å². The Morgan fingerprint density at radius 2 is 2.00 bits per heavy atom. The van der Waals surface area contributed by atoms with Gasteiger partial charge in [-0.1, -0.05) is 37.3 Å². The summed E-state index contributed by atoms with van der Waals surface area (Å²) in [5, 5.41) is 15.2. The van der Waals surface area contributed by atoms with Crippen LogP contribution < -0.4 is 10.6 Å². The van der Waals surface area contributed by atoms with Crippen LogP contribution in [0, 0.1) is 0 Å². The van der Waals surface area contributed by atoms with Crippen LogP contribution in [-0.2, 0) is 4.79 Å². The Kier molecular flexibility index (Phi) is 5.53. The maximum absolute atomic E-state index is 11.1. The van der Waals surface area contributed by atoms with Crippen LogP contribution in [-0.4, -0.2) is 30.7 Å². The lowest BCUT2D eigenvalue weighted by atomic mass is 10.1. The average molecular weight is 222 g/mol. The first kappa shape index (κ1) is 12.7. The monoisotopic (exact) mass is 222 g/mol. The first-order valence-corrected chi connectivity index (χ1v) is 5.47. The predicted molar refractivity (Wildman–Crippen MR) is 63.4 cm³/mol. The van der Waals surface area contributed by atoms with Crippen LogP contribution in [0.2, 0.25) is 0 Å². The van der Waals surface area contributed by atoms with Gasteiger partial charge in [-0.15, -0.1) is 0 Å². The van der Waals surface area contributed by atoms with Crippen molar-refractivity contribution in [3.05, 3.63) is 35.9 Å². The van der Waals surface area contributed by atoms with Gasteiger partial charge in [-0.3, -0.25) is 10.1 Å². The molecule has 4 heteroatoms. The SMILES string of the molecule is CCNCCNC(C(=O)O)c1ccccc1. The third kappa shape index (κ3) is 4.00. The molecular weight excluding hydrogens is 204 g/mol. The van der Waals surface area contributed by atoms with E-state index in [4.69, 9.17) is 5.11 Å². The molecule has 0 aromatic heterocycles. The number of aliphatic carboxylic acids is 1. The van der Waals surface area contributed by atoms with E-state index in [0.717, 1.165) is 18.7 Å². The van der Waals surface area contributed by atoms with E-state index < -0.39 is 12.0 Å². The van der Waals surface area contributed by atoms with Crippen LogP contribution in [0.15, 0.2) is 30.3 Å². The topological polar surface area (TPSA) is 61.4 Å². The number of hydrogen-bond acceptors (Lipinski definition) is 3. The van der Waals surface area contributed by atoms with Gasteiger partial charge in [0.15, 0.2) is 0 Å². The summed E-state index contributed by atoms with van der Waals surface area (Å²) < 4.78 is 0. The maximum Gasteiger partial charge on any atom is 0.325 e. The van der Waals surface area contributed by atoms with Crippen LogP contribution in [0.1, 0.15) is 18.5 Å². The summed E-state index contributed by atoms with van der Waals surface area (Å²) in [6, 6.07) is 8.58. The number of carboxylic acid groups (broad SMARTS) is 1. The summed E-state index contributed by atoms with van der Waals surface area (Å²) in [4.78, 5) is 11.1. The quantitative estimate of drug-likeness (QED) is 0.603. The summed E-state index contributed by atoms with van der Waals surface area (Å²) in [6.45, 7) is 4.32. The van der Waals surface area contributed by atoms with Gasteiger partial charge >= 0.3 is 5.97 Å². The molecule has 0 fully saturated rings. The van der Waals surface area contributed by atoms with E-state index >= 15 is 0 Å². The second-order valence-electron chi connectivity index (χ2n) is 3.49. The van der Waals surface area contributed by atoms with Crippen molar-refractivity contribution in [1.29, 1.82) is 0 Å². The Bertz CT molecular complexity index is 314.